The predicted molar refractivity (Wildman–Crippen MR) is 115 cm³/mol. The van der Waals surface area contributed by atoms with Gasteiger partial charge < -0.3 is 20.3 Å². The van der Waals surface area contributed by atoms with Crippen molar-refractivity contribution in [3.8, 4) is 0 Å². The van der Waals surface area contributed by atoms with Crippen molar-refractivity contribution >= 4 is 11.8 Å². The van der Waals surface area contributed by atoms with E-state index in [1.807, 2.05) is 32.6 Å². The lowest BCUT2D eigenvalue weighted by Crippen LogP contribution is -2.53. The second-order valence-corrected chi connectivity index (χ2v) is 9.55. The van der Waals surface area contributed by atoms with Crippen LogP contribution in [0.25, 0.3) is 0 Å². The molecule has 1 aliphatic heterocycles. The number of hydrogen-bond donors (Lipinski definition) is 1. The van der Waals surface area contributed by atoms with Gasteiger partial charge in [-0.3, -0.25) is 0 Å². The van der Waals surface area contributed by atoms with Gasteiger partial charge in [0.25, 0.3) is 0 Å². The van der Waals surface area contributed by atoms with E-state index in [2.05, 4.69) is 29.2 Å². The highest BCUT2D eigenvalue weighted by Gasteiger charge is 2.34. The molecule has 1 unspecified atom stereocenters. The Morgan fingerprint density at radius 2 is 1.89 bits per heavy atom. The highest BCUT2D eigenvalue weighted by molar-refractivity contribution is 5.69. The SMILES string of the molecule is CC(N)c1ccc(N2CCC[C@@H](N(CC3CCC3)C(=O)OC(C)(C)C)C2)cc1. The van der Waals surface area contributed by atoms with E-state index in [9.17, 15) is 4.79 Å². The van der Waals surface area contributed by atoms with E-state index in [0.29, 0.717) is 5.92 Å². The zero-order valence-electron chi connectivity index (χ0n) is 18.0. The molecule has 1 saturated heterocycles. The molecular weight excluding hydrogens is 350 g/mol. The first-order valence-electron chi connectivity index (χ1n) is 10.8. The van der Waals surface area contributed by atoms with Gasteiger partial charge in [0.1, 0.15) is 5.60 Å². The number of hydrogen-bond acceptors (Lipinski definition) is 4. The first kappa shape index (κ1) is 21.0. The largest absolute Gasteiger partial charge is 0.444 e. The van der Waals surface area contributed by atoms with Crippen LogP contribution in [0.15, 0.2) is 24.3 Å². The topological polar surface area (TPSA) is 58.8 Å². The van der Waals surface area contributed by atoms with Gasteiger partial charge in [0.05, 0.1) is 6.04 Å². The zero-order chi connectivity index (χ0) is 20.3. The van der Waals surface area contributed by atoms with E-state index in [0.717, 1.165) is 38.0 Å². The Hall–Kier alpha value is -1.75. The standard InChI is InChI=1S/C23H37N3O2/c1-17(24)19-10-12-20(13-11-19)25-14-6-9-21(16-25)26(15-18-7-5-8-18)22(27)28-23(2,3)4/h10-13,17-18,21H,5-9,14-16,24H2,1-4H3/t17?,21-/m1/s1. The first-order chi connectivity index (χ1) is 13.2. The summed E-state index contributed by atoms with van der Waals surface area (Å²) in [5.74, 6) is 0.633. The van der Waals surface area contributed by atoms with Crippen LogP contribution in [0.3, 0.4) is 0 Å². The fraction of sp³-hybridized carbons (Fsp3) is 0.696. The van der Waals surface area contributed by atoms with Crippen LogP contribution in [-0.2, 0) is 4.74 Å². The maximum Gasteiger partial charge on any atom is 0.410 e. The third-order valence-electron chi connectivity index (χ3n) is 5.93. The molecule has 0 aromatic heterocycles. The lowest BCUT2D eigenvalue weighted by atomic mass is 9.84. The number of benzene rings is 1. The molecule has 28 heavy (non-hydrogen) atoms. The van der Waals surface area contributed by atoms with E-state index >= 15 is 0 Å². The maximum atomic E-state index is 13.0. The van der Waals surface area contributed by atoms with E-state index in [1.54, 1.807) is 0 Å². The number of ether oxygens (including phenoxy) is 1. The van der Waals surface area contributed by atoms with Crippen molar-refractivity contribution in [2.75, 3.05) is 24.5 Å². The number of carbonyl (C=O) groups excluding carboxylic acids is 1. The Balaban J connectivity index is 1.71. The minimum atomic E-state index is -0.460. The Morgan fingerprint density at radius 3 is 2.43 bits per heavy atom. The van der Waals surface area contributed by atoms with Crippen molar-refractivity contribution in [3.05, 3.63) is 29.8 Å². The maximum absolute atomic E-state index is 13.0. The number of nitrogens with two attached hydrogens (primary N) is 1. The summed E-state index contributed by atoms with van der Waals surface area (Å²) < 4.78 is 5.76. The van der Waals surface area contributed by atoms with Gasteiger partial charge in [-0.25, -0.2) is 4.79 Å². The van der Waals surface area contributed by atoms with Gasteiger partial charge >= 0.3 is 6.09 Å². The lowest BCUT2D eigenvalue weighted by molar-refractivity contribution is 0.00736. The van der Waals surface area contributed by atoms with E-state index in [4.69, 9.17) is 10.5 Å². The lowest BCUT2D eigenvalue weighted by Gasteiger charge is -2.43. The quantitative estimate of drug-likeness (QED) is 0.795. The van der Waals surface area contributed by atoms with Crippen LogP contribution in [0.1, 0.15) is 71.4 Å². The third-order valence-corrected chi connectivity index (χ3v) is 5.93. The van der Waals surface area contributed by atoms with Gasteiger partial charge in [0.15, 0.2) is 0 Å². The molecule has 2 N–H and O–H groups in total. The van der Waals surface area contributed by atoms with Crippen LogP contribution in [-0.4, -0.2) is 42.3 Å². The van der Waals surface area contributed by atoms with Crippen molar-refractivity contribution in [2.24, 2.45) is 11.7 Å². The van der Waals surface area contributed by atoms with Crippen LogP contribution in [0.4, 0.5) is 10.5 Å². The van der Waals surface area contributed by atoms with E-state index in [1.165, 1.54) is 24.9 Å². The zero-order valence-corrected chi connectivity index (χ0v) is 18.0. The van der Waals surface area contributed by atoms with Crippen molar-refractivity contribution < 1.29 is 9.53 Å². The molecule has 5 heteroatoms. The molecule has 2 aliphatic rings. The summed E-state index contributed by atoms with van der Waals surface area (Å²) in [4.78, 5) is 17.4. The highest BCUT2D eigenvalue weighted by Crippen LogP contribution is 2.31. The van der Waals surface area contributed by atoms with Gasteiger partial charge in [-0.15, -0.1) is 0 Å². The molecular formula is C23H37N3O2. The molecule has 1 aliphatic carbocycles. The monoisotopic (exact) mass is 387 g/mol. The summed E-state index contributed by atoms with van der Waals surface area (Å²) in [6.07, 6.45) is 5.72. The van der Waals surface area contributed by atoms with Crippen molar-refractivity contribution in [3.63, 3.8) is 0 Å². The molecule has 5 nitrogen and oxygen atoms in total. The number of piperidine rings is 1. The average Bonchev–Trinajstić information content (AvgIpc) is 2.59. The van der Waals surface area contributed by atoms with Crippen LogP contribution in [0.2, 0.25) is 0 Å². The second-order valence-electron chi connectivity index (χ2n) is 9.55. The Bertz CT molecular complexity index is 647. The molecule has 0 bridgehead atoms. The summed E-state index contributed by atoms with van der Waals surface area (Å²) >= 11 is 0. The van der Waals surface area contributed by atoms with Crippen molar-refractivity contribution in [2.45, 2.75) is 77.5 Å². The van der Waals surface area contributed by atoms with Gasteiger partial charge in [0, 0.05) is 31.4 Å². The van der Waals surface area contributed by atoms with Gasteiger partial charge in [-0.2, -0.15) is 0 Å². The summed E-state index contributed by atoms with van der Waals surface area (Å²) in [5.41, 5.74) is 7.88. The van der Waals surface area contributed by atoms with Crippen LogP contribution in [0, 0.1) is 5.92 Å². The van der Waals surface area contributed by atoms with Crippen LogP contribution >= 0.6 is 0 Å². The highest BCUT2D eigenvalue weighted by atomic mass is 16.6. The third kappa shape index (κ3) is 5.40. The second kappa shape index (κ2) is 8.73. The van der Waals surface area contributed by atoms with Crippen molar-refractivity contribution in [1.29, 1.82) is 0 Å². The van der Waals surface area contributed by atoms with Crippen LogP contribution in [0.5, 0.6) is 0 Å². The summed E-state index contributed by atoms with van der Waals surface area (Å²) in [7, 11) is 0. The molecule has 1 heterocycles. The summed E-state index contributed by atoms with van der Waals surface area (Å²) in [5, 5.41) is 0. The molecule has 1 aromatic rings. The van der Waals surface area contributed by atoms with Gasteiger partial charge in [-0.1, -0.05) is 18.6 Å². The summed E-state index contributed by atoms with van der Waals surface area (Å²) in [6.45, 7) is 10.6. The minimum Gasteiger partial charge on any atom is -0.444 e. The fourth-order valence-corrected chi connectivity index (χ4v) is 4.08. The number of anilines is 1. The number of nitrogens with zero attached hydrogens (tertiary/aromatic N) is 2. The Kier molecular flexibility index (Phi) is 6.54. The Morgan fingerprint density at radius 1 is 1.21 bits per heavy atom. The molecule has 2 atom stereocenters. The predicted octanol–water partition coefficient (Wildman–Crippen LogP) is 4.71. The molecule has 1 amide bonds. The first-order valence-corrected chi connectivity index (χ1v) is 10.8. The molecule has 3 rings (SSSR count). The van der Waals surface area contributed by atoms with Gasteiger partial charge in [-0.05, 0) is 77.0 Å². The van der Waals surface area contributed by atoms with E-state index in [-0.39, 0.29) is 18.2 Å². The van der Waals surface area contributed by atoms with Crippen molar-refractivity contribution in [1.82, 2.24) is 4.90 Å². The summed E-state index contributed by atoms with van der Waals surface area (Å²) in [6, 6.07) is 8.80. The molecule has 1 aromatic carbocycles. The Labute approximate surface area is 170 Å². The number of carbonyl (C=O) groups is 1. The van der Waals surface area contributed by atoms with E-state index < -0.39 is 5.60 Å². The molecule has 0 spiro atoms. The number of amides is 1. The molecule has 156 valence electrons. The smallest absolute Gasteiger partial charge is 0.410 e. The van der Waals surface area contributed by atoms with Crippen LogP contribution < -0.4 is 10.6 Å². The normalized spacial score (nSPS) is 21.8. The number of rotatable bonds is 5. The molecule has 1 saturated carbocycles. The average molecular weight is 388 g/mol. The molecule has 0 radical (unpaired) electrons. The minimum absolute atomic E-state index is 0.0493. The van der Waals surface area contributed by atoms with Gasteiger partial charge in [0.2, 0.25) is 0 Å². The molecule has 2 fully saturated rings. The fourth-order valence-electron chi connectivity index (χ4n) is 4.08.